The lowest BCUT2D eigenvalue weighted by atomic mass is 9.93. The number of pyridine rings is 1. The zero-order chi connectivity index (χ0) is 28.8. The van der Waals surface area contributed by atoms with E-state index < -0.39 is 0 Å². The second-order valence-corrected chi connectivity index (χ2v) is 11.8. The lowest BCUT2D eigenvalue weighted by molar-refractivity contribution is -0.106. The number of hydrogen-bond acceptors (Lipinski definition) is 10. The standard InChI is InChI=1S/C28H34N6O2S.CH3NO/c1-27(2,3)23-14-24(33-36-23)31-20-8-6-19(7-9-20)21(30-5)15-34-18-37-26-22(34)10-11-25(32-26)35-17-28(12-13-28)16-29-4;2-1-3/h6-11,14-15,29H,5,12-13,16-18H2,1-4H3,(H,31,33);1H,(H2,2,3)/b21-15-;. The van der Waals surface area contributed by atoms with Crippen molar-refractivity contribution in [1.29, 1.82) is 0 Å². The van der Waals surface area contributed by atoms with Gasteiger partial charge in [0.1, 0.15) is 10.8 Å². The molecule has 0 unspecified atom stereocenters. The van der Waals surface area contributed by atoms with Crippen molar-refractivity contribution in [2.24, 2.45) is 16.1 Å². The highest BCUT2D eigenvalue weighted by molar-refractivity contribution is 7.99. The fourth-order valence-corrected chi connectivity index (χ4v) is 5.16. The second-order valence-electron chi connectivity index (χ2n) is 10.9. The number of nitrogens with two attached hydrogens (primary N) is 1. The molecule has 4 N–H and O–H groups in total. The van der Waals surface area contributed by atoms with Crippen LogP contribution >= 0.6 is 11.8 Å². The van der Waals surface area contributed by atoms with Gasteiger partial charge in [-0.25, -0.2) is 4.98 Å². The third-order valence-electron chi connectivity index (χ3n) is 6.65. The summed E-state index contributed by atoms with van der Waals surface area (Å²) in [5.74, 6) is 2.97. The number of hydrogen-bond donors (Lipinski definition) is 3. The topological polar surface area (TPSA) is 131 Å². The number of ether oxygens (including phenoxy) is 1. The first-order valence-electron chi connectivity index (χ1n) is 13.1. The molecule has 3 aromatic rings. The first kappa shape index (κ1) is 29.2. The molecule has 1 aliphatic carbocycles. The van der Waals surface area contributed by atoms with E-state index >= 15 is 0 Å². The molecule has 5 rings (SSSR count). The van der Waals surface area contributed by atoms with Gasteiger partial charge >= 0.3 is 0 Å². The van der Waals surface area contributed by atoms with E-state index in [-0.39, 0.29) is 17.2 Å². The number of primary amides is 1. The zero-order valence-corrected chi connectivity index (χ0v) is 24.3. The van der Waals surface area contributed by atoms with E-state index in [1.807, 2.05) is 49.6 Å². The molecule has 0 atom stereocenters. The summed E-state index contributed by atoms with van der Waals surface area (Å²) in [7, 11) is 1.99. The summed E-state index contributed by atoms with van der Waals surface area (Å²) >= 11 is 1.69. The number of benzene rings is 1. The highest BCUT2D eigenvalue weighted by Crippen LogP contribution is 2.45. The first-order chi connectivity index (χ1) is 19.2. The van der Waals surface area contributed by atoms with Crippen LogP contribution in [0.15, 0.2) is 63.2 Å². The van der Waals surface area contributed by atoms with Crippen LogP contribution in [0.2, 0.25) is 0 Å². The quantitative estimate of drug-likeness (QED) is 0.226. The average Bonchev–Trinajstić information content (AvgIpc) is 3.33. The summed E-state index contributed by atoms with van der Waals surface area (Å²) in [6.45, 7) is 11.8. The first-order valence-corrected chi connectivity index (χ1v) is 14.1. The van der Waals surface area contributed by atoms with Crippen LogP contribution in [0.3, 0.4) is 0 Å². The molecule has 3 heterocycles. The Hall–Kier alpha value is -3.83. The van der Waals surface area contributed by atoms with Crippen molar-refractivity contribution in [3.63, 3.8) is 0 Å². The Morgan fingerprint density at radius 2 is 2.00 bits per heavy atom. The van der Waals surface area contributed by atoms with Crippen LogP contribution in [0.5, 0.6) is 5.88 Å². The Bertz CT molecular complexity index is 1340. The van der Waals surface area contributed by atoms with Crippen LogP contribution < -0.4 is 26.0 Å². The van der Waals surface area contributed by atoms with Crippen LogP contribution in [0.25, 0.3) is 5.70 Å². The van der Waals surface area contributed by atoms with Crippen molar-refractivity contribution >= 4 is 47.8 Å². The number of nitrogens with one attached hydrogen (secondary N) is 2. The second kappa shape index (κ2) is 12.6. The van der Waals surface area contributed by atoms with Gasteiger partial charge in [0.2, 0.25) is 12.3 Å². The minimum absolute atomic E-state index is 0.0888. The molecule has 40 heavy (non-hydrogen) atoms. The lowest BCUT2D eigenvalue weighted by Gasteiger charge is -2.16. The van der Waals surface area contributed by atoms with Crippen LogP contribution in [0.4, 0.5) is 17.2 Å². The monoisotopic (exact) mass is 563 g/mol. The average molecular weight is 564 g/mol. The van der Waals surface area contributed by atoms with Crippen LogP contribution in [0, 0.1) is 5.41 Å². The van der Waals surface area contributed by atoms with Crippen LogP contribution in [-0.2, 0) is 10.2 Å². The highest BCUT2D eigenvalue weighted by atomic mass is 32.2. The maximum atomic E-state index is 8.58. The molecule has 0 radical (unpaired) electrons. The Morgan fingerprint density at radius 1 is 1.27 bits per heavy atom. The summed E-state index contributed by atoms with van der Waals surface area (Å²) in [5.41, 5.74) is 8.09. The summed E-state index contributed by atoms with van der Waals surface area (Å²) in [6.07, 6.45) is 4.69. The number of carbonyl (C=O) groups is 1. The smallest absolute Gasteiger partial charge is 0.214 e. The number of nitrogens with zero attached hydrogens (tertiary/aromatic N) is 4. The molecule has 10 nitrogen and oxygen atoms in total. The molecule has 1 aromatic carbocycles. The van der Waals surface area contributed by atoms with Gasteiger partial charge < -0.3 is 30.5 Å². The maximum Gasteiger partial charge on any atom is 0.214 e. The van der Waals surface area contributed by atoms with E-state index in [2.05, 4.69) is 65.0 Å². The molecule has 2 aliphatic rings. The normalized spacial score (nSPS) is 15.5. The van der Waals surface area contributed by atoms with Crippen molar-refractivity contribution in [2.45, 2.75) is 44.1 Å². The predicted octanol–water partition coefficient (Wildman–Crippen LogP) is 5.16. The molecule has 11 heteroatoms. The van der Waals surface area contributed by atoms with Crippen LogP contribution in [-0.4, -0.2) is 49.3 Å². The summed E-state index contributed by atoms with van der Waals surface area (Å²) in [4.78, 5) is 19.8. The van der Waals surface area contributed by atoms with E-state index in [0.717, 1.165) is 45.8 Å². The molecule has 212 valence electrons. The van der Waals surface area contributed by atoms with Gasteiger partial charge in [0.25, 0.3) is 0 Å². The molecule has 0 bridgehead atoms. The van der Waals surface area contributed by atoms with Crippen molar-refractivity contribution in [2.75, 3.05) is 36.3 Å². The third-order valence-corrected chi connectivity index (χ3v) is 7.63. The molecule has 0 spiro atoms. The summed E-state index contributed by atoms with van der Waals surface area (Å²) < 4.78 is 11.5. The van der Waals surface area contributed by atoms with Gasteiger partial charge in [-0.15, -0.1) is 0 Å². The van der Waals surface area contributed by atoms with Gasteiger partial charge in [-0.2, -0.15) is 0 Å². The van der Waals surface area contributed by atoms with E-state index in [9.17, 15) is 0 Å². The Morgan fingerprint density at radius 3 is 2.60 bits per heavy atom. The van der Waals surface area contributed by atoms with E-state index in [0.29, 0.717) is 18.3 Å². The zero-order valence-electron chi connectivity index (χ0n) is 23.4. The van der Waals surface area contributed by atoms with E-state index in [4.69, 9.17) is 19.0 Å². The van der Waals surface area contributed by atoms with E-state index in [1.165, 1.54) is 12.8 Å². The van der Waals surface area contributed by atoms with Gasteiger partial charge in [0.15, 0.2) is 5.82 Å². The van der Waals surface area contributed by atoms with Gasteiger partial charge in [-0.05, 0) is 44.8 Å². The van der Waals surface area contributed by atoms with Crippen molar-refractivity contribution in [1.82, 2.24) is 15.5 Å². The molecule has 0 saturated heterocycles. The number of fused-ring (bicyclic) bond motifs is 1. The largest absolute Gasteiger partial charge is 0.477 e. The fourth-order valence-electron chi connectivity index (χ4n) is 4.19. The van der Waals surface area contributed by atoms with Crippen molar-refractivity contribution < 1.29 is 14.1 Å². The Labute approximate surface area is 239 Å². The maximum absolute atomic E-state index is 8.58. The molecule has 1 fully saturated rings. The molecular formula is C29H37N7O3S. The number of carbonyl (C=O) groups excluding carboxylic acids is 1. The Balaban J connectivity index is 0.00000118. The summed E-state index contributed by atoms with van der Waals surface area (Å²) in [6, 6.07) is 14.0. The van der Waals surface area contributed by atoms with Gasteiger partial charge in [-0.3, -0.25) is 9.79 Å². The van der Waals surface area contributed by atoms with Gasteiger partial charge in [0.05, 0.1) is 23.9 Å². The van der Waals surface area contributed by atoms with Gasteiger partial charge in [0, 0.05) is 47.0 Å². The number of rotatable bonds is 10. The molecular weight excluding hydrogens is 526 g/mol. The highest BCUT2D eigenvalue weighted by Gasteiger charge is 2.43. The molecule has 1 saturated carbocycles. The fraction of sp³-hybridized carbons (Fsp3) is 0.379. The number of amides is 1. The molecule has 1 aliphatic heterocycles. The van der Waals surface area contributed by atoms with Crippen LogP contribution in [0.1, 0.15) is 44.9 Å². The lowest BCUT2D eigenvalue weighted by Crippen LogP contribution is -2.25. The molecule has 1 amide bonds. The third kappa shape index (κ3) is 7.22. The molecule has 2 aromatic heterocycles. The number of aliphatic imine (C=N–C) groups is 1. The van der Waals surface area contributed by atoms with Crippen molar-refractivity contribution in [3.05, 3.63) is 60.0 Å². The van der Waals surface area contributed by atoms with E-state index in [1.54, 1.807) is 11.8 Å². The SMILES string of the molecule is C=N/C(=C\N1CSc2nc(OCC3(CNC)CC3)ccc21)c1ccc(Nc2cc(C(C)(C)C)on2)cc1.NC=O. The van der Waals surface area contributed by atoms with Gasteiger partial charge in [-0.1, -0.05) is 49.8 Å². The Kier molecular flexibility index (Phi) is 9.16. The number of anilines is 3. The number of aromatic nitrogens is 2. The minimum Gasteiger partial charge on any atom is -0.477 e. The van der Waals surface area contributed by atoms with Crippen molar-refractivity contribution in [3.8, 4) is 5.88 Å². The predicted molar refractivity (Wildman–Crippen MR) is 161 cm³/mol. The summed E-state index contributed by atoms with van der Waals surface area (Å²) in [5, 5.41) is 11.7. The number of thioether (sulfide) groups is 1. The minimum atomic E-state index is -0.0888.